The molecular formula is C26H19Cl3N2O5. The number of benzene rings is 3. The Morgan fingerprint density at radius 1 is 1.06 bits per heavy atom. The minimum atomic E-state index is -1.02. The lowest BCUT2D eigenvalue weighted by atomic mass is 10.1. The maximum absolute atomic E-state index is 12.7. The molecule has 0 bridgehead atoms. The van der Waals surface area contributed by atoms with E-state index in [-0.39, 0.29) is 44.2 Å². The van der Waals surface area contributed by atoms with Gasteiger partial charge in [0.25, 0.3) is 5.91 Å². The maximum atomic E-state index is 12.7. The molecule has 1 amide bonds. The maximum Gasteiger partial charge on any atom is 0.335 e. The zero-order chi connectivity index (χ0) is 26.2. The molecule has 3 aromatic rings. The molecule has 3 rings (SSSR count). The molecule has 0 heterocycles. The monoisotopic (exact) mass is 544 g/mol. The number of nitriles is 1. The van der Waals surface area contributed by atoms with Crippen molar-refractivity contribution in [3.05, 3.63) is 91.9 Å². The van der Waals surface area contributed by atoms with E-state index >= 15 is 0 Å². The molecule has 3 aromatic carbocycles. The van der Waals surface area contributed by atoms with Crippen LogP contribution in [0, 0.1) is 11.3 Å². The van der Waals surface area contributed by atoms with Crippen molar-refractivity contribution in [1.29, 1.82) is 5.26 Å². The number of carboxylic acids is 1. The molecule has 0 aromatic heterocycles. The number of halogens is 3. The minimum absolute atomic E-state index is 0.112. The number of rotatable bonds is 9. The number of hydrogen-bond donors (Lipinski definition) is 2. The Hall–Kier alpha value is -3.70. The van der Waals surface area contributed by atoms with Crippen LogP contribution in [0.1, 0.15) is 28.4 Å². The third-order valence-electron chi connectivity index (χ3n) is 4.79. The quantitative estimate of drug-likeness (QED) is 0.224. The first-order valence-corrected chi connectivity index (χ1v) is 11.6. The standard InChI is InChI=1S/C26H19Cl3N2O5/c1-2-35-22-12-16(10-18(13-30)25(32)31-21-5-3-4-19(27)23(21)29)11-20(28)24(22)36-14-15-6-8-17(9-7-15)26(33)34/h3-12H,2,14H2,1H3,(H,31,32)(H,33,34)/b18-10-. The summed E-state index contributed by atoms with van der Waals surface area (Å²) < 4.78 is 11.5. The molecule has 36 heavy (non-hydrogen) atoms. The molecule has 0 aliphatic heterocycles. The Morgan fingerprint density at radius 3 is 2.42 bits per heavy atom. The lowest BCUT2D eigenvalue weighted by Gasteiger charge is -2.15. The molecular weight excluding hydrogens is 527 g/mol. The summed E-state index contributed by atoms with van der Waals surface area (Å²) in [4.78, 5) is 23.7. The second-order valence-electron chi connectivity index (χ2n) is 7.28. The first-order chi connectivity index (χ1) is 17.2. The summed E-state index contributed by atoms with van der Waals surface area (Å²) in [5, 5.41) is 21.8. The van der Waals surface area contributed by atoms with Crippen molar-refractivity contribution < 1.29 is 24.2 Å². The van der Waals surface area contributed by atoms with Gasteiger partial charge in [0.1, 0.15) is 18.2 Å². The molecule has 0 aliphatic rings. The number of carbonyl (C=O) groups excluding carboxylic acids is 1. The highest BCUT2D eigenvalue weighted by Crippen LogP contribution is 2.38. The molecule has 0 radical (unpaired) electrons. The van der Waals surface area contributed by atoms with Gasteiger partial charge in [-0.2, -0.15) is 5.26 Å². The zero-order valence-electron chi connectivity index (χ0n) is 18.8. The van der Waals surface area contributed by atoms with Gasteiger partial charge in [0.15, 0.2) is 11.5 Å². The van der Waals surface area contributed by atoms with Crippen LogP contribution in [0.4, 0.5) is 5.69 Å². The van der Waals surface area contributed by atoms with Crippen LogP contribution in [0.25, 0.3) is 6.08 Å². The van der Waals surface area contributed by atoms with Crippen LogP contribution in [-0.4, -0.2) is 23.6 Å². The van der Waals surface area contributed by atoms with Gasteiger partial charge in [0.2, 0.25) is 0 Å². The number of carboxylic acid groups (broad SMARTS) is 1. The van der Waals surface area contributed by atoms with Gasteiger partial charge < -0.3 is 19.9 Å². The third-order valence-corrected chi connectivity index (χ3v) is 5.89. The van der Waals surface area contributed by atoms with Crippen LogP contribution < -0.4 is 14.8 Å². The largest absolute Gasteiger partial charge is 0.490 e. The third kappa shape index (κ3) is 6.70. The van der Waals surface area contributed by atoms with Gasteiger partial charge in [-0.05, 0) is 60.5 Å². The molecule has 2 N–H and O–H groups in total. The summed E-state index contributed by atoms with van der Waals surface area (Å²) in [6.07, 6.45) is 1.36. The smallest absolute Gasteiger partial charge is 0.335 e. The average Bonchev–Trinajstić information content (AvgIpc) is 2.85. The van der Waals surface area contributed by atoms with Gasteiger partial charge in [-0.1, -0.05) is 53.0 Å². The van der Waals surface area contributed by atoms with E-state index in [1.807, 2.05) is 6.07 Å². The number of amides is 1. The van der Waals surface area contributed by atoms with E-state index < -0.39 is 11.9 Å². The zero-order valence-corrected chi connectivity index (χ0v) is 21.1. The van der Waals surface area contributed by atoms with Crippen LogP contribution in [0.15, 0.2) is 60.2 Å². The van der Waals surface area contributed by atoms with Crippen LogP contribution in [0.2, 0.25) is 15.1 Å². The highest BCUT2D eigenvalue weighted by atomic mass is 35.5. The summed E-state index contributed by atoms with van der Waals surface area (Å²) >= 11 is 18.5. The summed E-state index contributed by atoms with van der Waals surface area (Å²) in [7, 11) is 0. The first-order valence-electron chi connectivity index (χ1n) is 10.5. The van der Waals surface area contributed by atoms with Gasteiger partial charge in [0.05, 0.1) is 32.9 Å². The Labute approximate surface area is 222 Å². The van der Waals surface area contributed by atoms with E-state index in [0.717, 1.165) is 5.56 Å². The van der Waals surface area contributed by atoms with Crippen molar-refractivity contribution >= 4 is 58.4 Å². The van der Waals surface area contributed by atoms with Crippen molar-refractivity contribution in [3.8, 4) is 17.6 Å². The van der Waals surface area contributed by atoms with Crippen molar-refractivity contribution in [2.75, 3.05) is 11.9 Å². The van der Waals surface area contributed by atoms with E-state index in [1.165, 1.54) is 24.3 Å². The number of nitrogens with one attached hydrogen (secondary N) is 1. The minimum Gasteiger partial charge on any atom is -0.490 e. The number of ether oxygens (including phenoxy) is 2. The molecule has 10 heteroatoms. The Balaban J connectivity index is 1.84. The summed E-state index contributed by atoms with van der Waals surface area (Å²) in [5.74, 6) is -1.12. The van der Waals surface area contributed by atoms with Crippen molar-refractivity contribution in [2.24, 2.45) is 0 Å². The fourth-order valence-corrected chi connectivity index (χ4v) is 3.70. The predicted octanol–water partition coefficient (Wildman–Crippen LogP) is 6.87. The lowest BCUT2D eigenvalue weighted by molar-refractivity contribution is -0.112. The van der Waals surface area contributed by atoms with E-state index in [9.17, 15) is 14.9 Å². The Bertz CT molecular complexity index is 1370. The number of nitrogens with zero attached hydrogens (tertiary/aromatic N) is 1. The first kappa shape index (κ1) is 26.9. The normalized spacial score (nSPS) is 10.9. The van der Waals surface area contributed by atoms with Gasteiger partial charge in [-0.25, -0.2) is 4.79 Å². The summed E-state index contributed by atoms with van der Waals surface area (Å²) in [6.45, 7) is 2.21. The van der Waals surface area contributed by atoms with Crippen LogP contribution in [0.5, 0.6) is 11.5 Å². The second kappa shape index (κ2) is 12.3. The van der Waals surface area contributed by atoms with Crippen molar-refractivity contribution in [1.82, 2.24) is 0 Å². The summed E-state index contributed by atoms with van der Waals surface area (Å²) in [6, 6.07) is 16.0. The average molecular weight is 546 g/mol. The van der Waals surface area contributed by atoms with Gasteiger partial charge in [-0.15, -0.1) is 0 Å². The number of anilines is 1. The predicted molar refractivity (Wildman–Crippen MR) is 139 cm³/mol. The molecule has 0 unspecified atom stereocenters. The Kier molecular flexibility index (Phi) is 9.20. The molecule has 0 atom stereocenters. The molecule has 7 nitrogen and oxygen atoms in total. The van der Waals surface area contributed by atoms with Crippen molar-refractivity contribution in [2.45, 2.75) is 13.5 Å². The molecule has 184 valence electrons. The number of hydrogen-bond acceptors (Lipinski definition) is 5. The number of carbonyl (C=O) groups is 2. The SMILES string of the molecule is CCOc1cc(/C=C(/C#N)C(=O)Nc2cccc(Cl)c2Cl)cc(Cl)c1OCc1ccc(C(=O)O)cc1. The fraction of sp³-hybridized carbons (Fsp3) is 0.115. The fourth-order valence-electron chi connectivity index (χ4n) is 3.08. The molecule has 0 aliphatic carbocycles. The molecule has 0 spiro atoms. The van der Waals surface area contributed by atoms with Gasteiger partial charge >= 0.3 is 5.97 Å². The highest BCUT2D eigenvalue weighted by molar-refractivity contribution is 6.44. The van der Waals surface area contributed by atoms with Crippen LogP contribution in [0.3, 0.4) is 0 Å². The van der Waals surface area contributed by atoms with E-state index in [0.29, 0.717) is 17.9 Å². The van der Waals surface area contributed by atoms with Crippen molar-refractivity contribution in [3.63, 3.8) is 0 Å². The highest BCUT2D eigenvalue weighted by Gasteiger charge is 2.16. The van der Waals surface area contributed by atoms with Crippen LogP contribution >= 0.6 is 34.8 Å². The lowest BCUT2D eigenvalue weighted by Crippen LogP contribution is -2.13. The van der Waals surface area contributed by atoms with E-state index in [4.69, 9.17) is 49.4 Å². The van der Waals surface area contributed by atoms with Gasteiger partial charge in [-0.3, -0.25) is 4.79 Å². The van der Waals surface area contributed by atoms with E-state index in [1.54, 1.807) is 43.3 Å². The Morgan fingerprint density at radius 2 is 1.78 bits per heavy atom. The molecule has 0 saturated heterocycles. The van der Waals surface area contributed by atoms with E-state index in [2.05, 4.69) is 5.32 Å². The molecule has 0 saturated carbocycles. The topological polar surface area (TPSA) is 109 Å². The summed E-state index contributed by atoms with van der Waals surface area (Å²) in [5.41, 5.74) is 1.40. The number of aromatic carboxylic acids is 1. The second-order valence-corrected chi connectivity index (χ2v) is 8.47. The van der Waals surface area contributed by atoms with Gasteiger partial charge in [0, 0.05) is 0 Å². The molecule has 0 fully saturated rings. The van der Waals surface area contributed by atoms with Crippen LogP contribution in [-0.2, 0) is 11.4 Å².